The second kappa shape index (κ2) is 8.58. The van der Waals surface area contributed by atoms with E-state index in [4.69, 9.17) is 47.0 Å². The first-order valence-corrected chi connectivity index (χ1v) is 11.9. The summed E-state index contributed by atoms with van der Waals surface area (Å²) in [4.78, 5) is 29.5. The highest BCUT2D eigenvalue weighted by atomic mass is 35.5. The van der Waals surface area contributed by atoms with Crippen molar-refractivity contribution in [2.75, 3.05) is 16.8 Å². The largest absolute Gasteiger partial charge is 0.369 e. The van der Waals surface area contributed by atoms with Gasteiger partial charge >= 0.3 is 0 Å². The number of nitrogens with one attached hydrogen (secondary N) is 1. The molecule has 172 valence electrons. The summed E-state index contributed by atoms with van der Waals surface area (Å²) in [5.41, 5.74) is 3.08. The van der Waals surface area contributed by atoms with Gasteiger partial charge in [0.1, 0.15) is 5.57 Å². The number of amides is 2. The highest BCUT2D eigenvalue weighted by Gasteiger charge is 2.37. The normalized spacial score (nSPS) is 21.4. The van der Waals surface area contributed by atoms with Crippen LogP contribution in [-0.2, 0) is 9.59 Å². The molecule has 9 heteroatoms. The topological polar surface area (TPSA) is 52.7 Å². The summed E-state index contributed by atoms with van der Waals surface area (Å²) in [5, 5.41) is 3.61. The maximum absolute atomic E-state index is 13.3. The molecular formula is C24H22Cl3N3O2S. The molecule has 2 heterocycles. The summed E-state index contributed by atoms with van der Waals surface area (Å²) in [7, 11) is 2.05. The third-order valence-corrected chi connectivity index (χ3v) is 7.67. The van der Waals surface area contributed by atoms with Crippen molar-refractivity contribution in [3.05, 3.63) is 62.1 Å². The number of fused-ring (bicyclic) bond motifs is 1. The zero-order valence-corrected chi connectivity index (χ0v) is 21.6. The molecule has 1 saturated heterocycles. The number of halogens is 3. The van der Waals surface area contributed by atoms with Gasteiger partial charge in [-0.3, -0.25) is 19.8 Å². The minimum Gasteiger partial charge on any atom is -0.369 e. The lowest BCUT2D eigenvalue weighted by Gasteiger charge is -2.45. The molecule has 1 N–H and O–H groups in total. The molecular weight excluding hydrogens is 501 g/mol. The zero-order chi connectivity index (χ0) is 24.2. The Bertz CT molecular complexity index is 1240. The molecule has 5 nitrogen and oxygen atoms in total. The number of anilines is 2. The van der Waals surface area contributed by atoms with Gasteiger partial charge < -0.3 is 4.90 Å². The van der Waals surface area contributed by atoms with Crippen molar-refractivity contribution in [1.29, 1.82) is 0 Å². The van der Waals surface area contributed by atoms with Crippen molar-refractivity contribution in [3.63, 3.8) is 0 Å². The van der Waals surface area contributed by atoms with E-state index in [9.17, 15) is 9.59 Å². The summed E-state index contributed by atoms with van der Waals surface area (Å²) in [5.74, 6) is -0.861. The lowest BCUT2D eigenvalue weighted by atomic mass is 9.80. The highest BCUT2D eigenvalue weighted by molar-refractivity contribution is 7.80. The molecule has 0 saturated carbocycles. The molecule has 2 aliphatic rings. The fraction of sp³-hybridized carbons (Fsp3) is 0.292. The molecule has 2 aromatic carbocycles. The van der Waals surface area contributed by atoms with Crippen molar-refractivity contribution in [1.82, 2.24) is 5.32 Å². The van der Waals surface area contributed by atoms with Gasteiger partial charge in [0, 0.05) is 23.3 Å². The Morgan fingerprint density at radius 3 is 2.45 bits per heavy atom. The van der Waals surface area contributed by atoms with E-state index in [1.54, 1.807) is 12.1 Å². The number of thiocarbonyl (C=S) groups is 1. The van der Waals surface area contributed by atoms with E-state index < -0.39 is 11.8 Å². The number of benzene rings is 2. The Morgan fingerprint density at radius 1 is 1.09 bits per heavy atom. The fourth-order valence-corrected chi connectivity index (χ4v) is 5.17. The van der Waals surface area contributed by atoms with Crippen LogP contribution < -0.4 is 15.1 Å². The average Bonchev–Trinajstić information content (AvgIpc) is 2.72. The van der Waals surface area contributed by atoms with E-state index in [1.165, 1.54) is 17.0 Å². The van der Waals surface area contributed by atoms with Crippen LogP contribution in [0.25, 0.3) is 6.08 Å². The first-order valence-electron chi connectivity index (χ1n) is 10.3. The molecule has 4 rings (SSSR count). The Hall–Kier alpha value is -2.12. The summed E-state index contributed by atoms with van der Waals surface area (Å²) in [6, 6.07) is 8.55. The van der Waals surface area contributed by atoms with Crippen LogP contribution in [-0.4, -0.2) is 29.5 Å². The van der Waals surface area contributed by atoms with Gasteiger partial charge in [-0.25, -0.2) is 0 Å². The number of hydrogen-bond acceptors (Lipinski definition) is 4. The molecule has 0 aliphatic carbocycles. The molecule has 0 radical (unpaired) electrons. The molecule has 2 aliphatic heterocycles. The molecule has 0 bridgehead atoms. The van der Waals surface area contributed by atoms with E-state index in [1.807, 2.05) is 19.2 Å². The molecule has 33 heavy (non-hydrogen) atoms. The Kier molecular flexibility index (Phi) is 6.25. The van der Waals surface area contributed by atoms with Crippen LogP contribution in [0.4, 0.5) is 11.4 Å². The maximum atomic E-state index is 13.3. The molecule has 0 spiro atoms. The number of hydrogen-bond donors (Lipinski definition) is 1. The van der Waals surface area contributed by atoms with E-state index in [-0.39, 0.29) is 27.2 Å². The molecule has 2 amide bonds. The summed E-state index contributed by atoms with van der Waals surface area (Å²) >= 11 is 24.0. The Morgan fingerprint density at radius 2 is 1.79 bits per heavy atom. The molecule has 0 aromatic heterocycles. The standard InChI is InChI=1S/C24H22Cl3N3O2S/c1-12-11-24(2,3)29(4)20-10-18(26)13(7-15(12)20)8-16-21(31)28-23(33)30(22(16)32)14-5-6-17(25)19(27)9-14/h5-10,12H,11H2,1-4H3,(H,28,31,33)/b16-8-. The summed E-state index contributed by atoms with van der Waals surface area (Å²) in [6.07, 6.45) is 2.48. The van der Waals surface area contributed by atoms with E-state index in [2.05, 4.69) is 31.0 Å². The van der Waals surface area contributed by atoms with Crippen molar-refractivity contribution < 1.29 is 9.59 Å². The lowest BCUT2D eigenvalue weighted by Crippen LogP contribution is -2.54. The molecule has 1 fully saturated rings. The number of rotatable bonds is 2. The van der Waals surface area contributed by atoms with Gasteiger partial charge in [-0.2, -0.15) is 0 Å². The van der Waals surface area contributed by atoms with E-state index in [0.717, 1.165) is 17.7 Å². The second-order valence-electron chi connectivity index (χ2n) is 8.97. The van der Waals surface area contributed by atoms with Crippen LogP contribution in [0.3, 0.4) is 0 Å². The first-order chi connectivity index (χ1) is 15.4. The summed E-state index contributed by atoms with van der Waals surface area (Å²) in [6.45, 7) is 6.56. The molecule has 1 unspecified atom stereocenters. The van der Waals surface area contributed by atoms with Gasteiger partial charge in [0.25, 0.3) is 11.8 Å². The van der Waals surface area contributed by atoms with Gasteiger partial charge in [0.15, 0.2) is 5.11 Å². The van der Waals surface area contributed by atoms with Gasteiger partial charge in [0.05, 0.1) is 15.7 Å². The second-order valence-corrected chi connectivity index (χ2v) is 10.6. The van der Waals surface area contributed by atoms with Gasteiger partial charge in [0.2, 0.25) is 0 Å². The quantitative estimate of drug-likeness (QED) is 0.290. The van der Waals surface area contributed by atoms with Gasteiger partial charge in [-0.1, -0.05) is 41.7 Å². The Balaban J connectivity index is 1.77. The molecule has 1 atom stereocenters. The lowest BCUT2D eigenvalue weighted by molar-refractivity contribution is -0.122. The van der Waals surface area contributed by atoms with Crippen molar-refractivity contribution in [3.8, 4) is 0 Å². The predicted molar refractivity (Wildman–Crippen MR) is 140 cm³/mol. The summed E-state index contributed by atoms with van der Waals surface area (Å²) < 4.78 is 0. The molecule has 2 aromatic rings. The van der Waals surface area contributed by atoms with Crippen LogP contribution in [0.15, 0.2) is 35.9 Å². The third kappa shape index (κ3) is 4.26. The third-order valence-electron chi connectivity index (χ3n) is 6.31. The maximum Gasteiger partial charge on any atom is 0.270 e. The van der Waals surface area contributed by atoms with Crippen LogP contribution in [0, 0.1) is 0 Å². The monoisotopic (exact) mass is 521 g/mol. The van der Waals surface area contributed by atoms with Crippen LogP contribution in [0.1, 0.15) is 44.2 Å². The highest BCUT2D eigenvalue weighted by Crippen LogP contribution is 2.44. The first kappa shape index (κ1) is 24.0. The SMILES string of the molecule is CC1CC(C)(C)N(C)c2cc(Cl)c(/C=C3/C(=O)NC(=S)N(c4ccc(Cl)c(Cl)c4)C3=O)cc21. The number of nitrogens with zero attached hydrogens (tertiary/aromatic N) is 2. The van der Waals surface area contributed by atoms with Gasteiger partial charge in [-0.05, 0) is 85.9 Å². The number of carbonyl (C=O) groups is 2. The predicted octanol–water partition coefficient (Wildman–Crippen LogP) is 6.20. The number of carbonyl (C=O) groups excluding carboxylic acids is 2. The van der Waals surface area contributed by atoms with Gasteiger partial charge in [-0.15, -0.1) is 0 Å². The van der Waals surface area contributed by atoms with Crippen LogP contribution in [0.5, 0.6) is 0 Å². The van der Waals surface area contributed by atoms with Crippen LogP contribution >= 0.6 is 47.0 Å². The Labute approximate surface area is 213 Å². The minimum absolute atomic E-state index is 0.00893. The fourth-order valence-electron chi connectivity index (χ4n) is 4.39. The van der Waals surface area contributed by atoms with E-state index in [0.29, 0.717) is 21.3 Å². The van der Waals surface area contributed by atoms with Crippen molar-refractivity contribution in [2.45, 2.75) is 38.6 Å². The van der Waals surface area contributed by atoms with E-state index >= 15 is 0 Å². The van der Waals surface area contributed by atoms with Crippen LogP contribution in [0.2, 0.25) is 15.1 Å². The van der Waals surface area contributed by atoms with Crippen molar-refractivity contribution >= 4 is 81.4 Å². The average molecular weight is 523 g/mol. The van der Waals surface area contributed by atoms with Crippen molar-refractivity contribution in [2.24, 2.45) is 0 Å². The minimum atomic E-state index is -0.582. The smallest absolute Gasteiger partial charge is 0.270 e. The zero-order valence-electron chi connectivity index (χ0n) is 18.5.